The van der Waals surface area contributed by atoms with Crippen molar-refractivity contribution >= 4 is 11.8 Å². The van der Waals surface area contributed by atoms with Crippen molar-refractivity contribution in [1.29, 1.82) is 0 Å². The van der Waals surface area contributed by atoms with Crippen molar-refractivity contribution in [3.63, 3.8) is 0 Å². The van der Waals surface area contributed by atoms with Gasteiger partial charge in [0.1, 0.15) is 23.9 Å². The molecule has 0 N–H and O–H groups in total. The highest BCUT2D eigenvalue weighted by molar-refractivity contribution is 5.87. The number of hydrogen-bond donors (Lipinski definition) is 0. The summed E-state index contributed by atoms with van der Waals surface area (Å²) < 4.78 is 24.9. The SMILES string of the molecule is COc1ccc2c(c1)CC(C(=O)N1CCN(Cc3ccccc3F)C(=O)C1)CO2. The molecule has 6 nitrogen and oxygen atoms in total. The molecule has 0 bridgehead atoms. The summed E-state index contributed by atoms with van der Waals surface area (Å²) in [6.07, 6.45) is 0.551. The van der Waals surface area contributed by atoms with Crippen LogP contribution in [0.4, 0.5) is 4.39 Å². The lowest BCUT2D eigenvalue weighted by atomic mass is 9.95. The van der Waals surface area contributed by atoms with E-state index in [1.807, 2.05) is 18.2 Å². The average molecular weight is 398 g/mol. The first-order chi connectivity index (χ1) is 14.0. The van der Waals surface area contributed by atoms with Gasteiger partial charge in [-0.3, -0.25) is 9.59 Å². The lowest BCUT2D eigenvalue weighted by molar-refractivity contribution is -0.148. The summed E-state index contributed by atoms with van der Waals surface area (Å²) in [6, 6.07) is 12.0. The third-order valence-corrected chi connectivity index (χ3v) is 5.47. The van der Waals surface area contributed by atoms with E-state index in [1.54, 1.807) is 35.1 Å². The monoisotopic (exact) mass is 398 g/mol. The predicted octanol–water partition coefficient (Wildman–Crippen LogP) is 2.26. The van der Waals surface area contributed by atoms with Crippen molar-refractivity contribution in [2.45, 2.75) is 13.0 Å². The summed E-state index contributed by atoms with van der Waals surface area (Å²) in [6.45, 7) is 1.33. The van der Waals surface area contributed by atoms with Crippen LogP contribution in [-0.4, -0.2) is 55.0 Å². The van der Waals surface area contributed by atoms with Crippen LogP contribution in [0.1, 0.15) is 11.1 Å². The van der Waals surface area contributed by atoms with E-state index >= 15 is 0 Å². The Morgan fingerprint density at radius 2 is 2.07 bits per heavy atom. The van der Waals surface area contributed by atoms with E-state index in [0.717, 1.165) is 17.1 Å². The summed E-state index contributed by atoms with van der Waals surface area (Å²) in [5.41, 5.74) is 1.41. The molecule has 1 fully saturated rings. The number of ether oxygens (including phenoxy) is 2. The number of amides is 2. The number of hydrogen-bond acceptors (Lipinski definition) is 4. The van der Waals surface area contributed by atoms with Crippen LogP contribution in [0.2, 0.25) is 0 Å². The van der Waals surface area contributed by atoms with Gasteiger partial charge in [0.15, 0.2) is 0 Å². The Balaban J connectivity index is 1.38. The van der Waals surface area contributed by atoms with E-state index < -0.39 is 0 Å². The van der Waals surface area contributed by atoms with Crippen LogP contribution in [0.15, 0.2) is 42.5 Å². The lowest BCUT2D eigenvalue weighted by Crippen LogP contribution is -2.54. The third kappa shape index (κ3) is 4.04. The van der Waals surface area contributed by atoms with Gasteiger partial charge in [-0.25, -0.2) is 4.39 Å². The number of fused-ring (bicyclic) bond motifs is 1. The summed E-state index contributed by atoms with van der Waals surface area (Å²) in [4.78, 5) is 28.7. The quantitative estimate of drug-likeness (QED) is 0.793. The molecule has 2 aliphatic rings. The minimum Gasteiger partial charge on any atom is -0.497 e. The maximum atomic E-state index is 13.9. The first-order valence-electron chi connectivity index (χ1n) is 9.65. The number of benzene rings is 2. The molecular formula is C22H23FN2O4. The molecule has 2 aliphatic heterocycles. The molecule has 0 aliphatic carbocycles. The molecule has 152 valence electrons. The molecule has 2 aromatic rings. The Bertz CT molecular complexity index is 933. The molecule has 1 unspecified atom stereocenters. The zero-order valence-electron chi connectivity index (χ0n) is 16.3. The van der Waals surface area contributed by atoms with E-state index in [1.165, 1.54) is 6.07 Å². The Morgan fingerprint density at radius 3 is 2.83 bits per heavy atom. The number of methoxy groups -OCH3 is 1. The first kappa shape index (κ1) is 19.2. The average Bonchev–Trinajstić information content (AvgIpc) is 2.75. The molecule has 2 amide bonds. The molecular weight excluding hydrogens is 375 g/mol. The van der Waals surface area contributed by atoms with E-state index in [9.17, 15) is 14.0 Å². The summed E-state index contributed by atoms with van der Waals surface area (Å²) in [5.74, 6) is 0.565. The Hall–Kier alpha value is -3.09. The topological polar surface area (TPSA) is 59.1 Å². The molecule has 2 aromatic carbocycles. The van der Waals surface area contributed by atoms with Gasteiger partial charge in [0, 0.05) is 25.2 Å². The summed E-state index contributed by atoms with van der Waals surface area (Å²) in [7, 11) is 1.60. The molecule has 1 atom stereocenters. The third-order valence-electron chi connectivity index (χ3n) is 5.47. The minimum absolute atomic E-state index is 0.00868. The maximum Gasteiger partial charge on any atom is 0.242 e. The number of rotatable bonds is 4. The predicted molar refractivity (Wildman–Crippen MR) is 104 cm³/mol. The van der Waals surface area contributed by atoms with Gasteiger partial charge in [-0.2, -0.15) is 0 Å². The highest BCUT2D eigenvalue weighted by Gasteiger charge is 2.34. The zero-order valence-corrected chi connectivity index (χ0v) is 16.3. The molecule has 0 aromatic heterocycles. The number of carbonyl (C=O) groups excluding carboxylic acids is 2. The number of carbonyl (C=O) groups is 2. The number of halogens is 1. The van der Waals surface area contributed by atoms with E-state index in [4.69, 9.17) is 9.47 Å². The molecule has 0 saturated carbocycles. The zero-order chi connectivity index (χ0) is 20.4. The van der Waals surface area contributed by atoms with Gasteiger partial charge in [-0.15, -0.1) is 0 Å². The fraction of sp³-hybridized carbons (Fsp3) is 0.364. The normalized spacial score (nSPS) is 18.8. The molecule has 29 heavy (non-hydrogen) atoms. The molecule has 0 radical (unpaired) electrons. The van der Waals surface area contributed by atoms with Gasteiger partial charge in [0.2, 0.25) is 11.8 Å². The van der Waals surface area contributed by atoms with Crippen LogP contribution < -0.4 is 9.47 Å². The maximum absolute atomic E-state index is 13.9. The van der Waals surface area contributed by atoms with Gasteiger partial charge >= 0.3 is 0 Å². The molecule has 0 spiro atoms. The van der Waals surface area contributed by atoms with Crippen molar-refractivity contribution in [1.82, 2.24) is 9.80 Å². The van der Waals surface area contributed by atoms with Crippen LogP contribution in [0.25, 0.3) is 0 Å². The van der Waals surface area contributed by atoms with Crippen molar-refractivity contribution in [2.75, 3.05) is 33.4 Å². The van der Waals surface area contributed by atoms with Crippen molar-refractivity contribution in [3.05, 3.63) is 59.4 Å². The number of nitrogens with zero attached hydrogens (tertiary/aromatic N) is 2. The van der Waals surface area contributed by atoms with Crippen molar-refractivity contribution in [2.24, 2.45) is 5.92 Å². The molecule has 2 heterocycles. The van der Waals surface area contributed by atoms with Crippen LogP contribution in [0, 0.1) is 11.7 Å². The molecule has 4 rings (SSSR count). The number of piperazine rings is 1. The fourth-order valence-electron chi connectivity index (χ4n) is 3.81. The van der Waals surface area contributed by atoms with E-state index in [0.29, 0.717) is 31.7 Å². The van der Waals surface area contributed by atoms with Gasteiger partial charge in [-0.1, -0.05) is 18.2 Å². The Morgan fingerprint density at radius 1 is 1.24 bits per heavy atom. The largest absolute Gasteiger partial charge is 0.497 e. The van der Waals surface area contributed by atoms with Gasteiger partial charge in [-0.05, 0) is 36.2 Å². The van der Waals surface area contributed by atoms with Gasteiger partial charge < -0.3 is 19.3 Å². The van der Waals surface area contributed by atoms with Crippen LogP contribution >= 0.6 is 0 Å². The second kappa shape index (κ2) is 8.11. The minimum atomic E-state index is -0.333. The Labute approximate surface area is 168 Å². The second-order valence-electron chi connectivity index (χ2n) is 7.35. The second-order valence-corrected chi connectivity index (χ2v) is 7.35. The van der Waals surface area contributed by atoms with Crippen LogP contribution in [0.5, 0.6) is 11.5 Å². The molecule has 1 saturated heterocycles. The molecule has 7 heteroatoms. The lowest BCUT2D eigenvalue weighted by Gasteiger charge is -2.37. The van der Waals surface area contributed by atoms with Crippen LogP contribution in [0.3, 0.4) is 0 Å². The standard InChI is InChI=1S/C22H23FN2O4/c1-28-18-6-7-20-16(11-18)10-17(14-29-20)22(27)25-9-8-24(21(26)13-25)12-15-4-2-3-5-19(15)23/h2-7,11,17H,8-10,12-14H2,1H3. The van der Waals surface area contributed by atoms with Gasteiger partial charge in [0.05, 0.1) is 19.6 Å². The van der Waals surface area contributed by atoms with Crippen molar-refractivity contribution < 1.29 is 23.5 Å². The fourth-order valence-corrected chi connectivity index (χ4v) is 3.81. The van der Waals surface area contributed by atoms with Crippen molar-refractivity contribution in [3.8, 4) is 11.5 Å². The highest BCUT2D eigenvalue weighted by atomic mass is 19.1. The first-order valence-corrected chi connectivity index (χ1v) is 9.65. The van der Waals surface area contributed by atoms with E-state index in [2.05, 4.69) is 0 Å². The van der Waals surface area contributed by atoms with E-state index in [-0.39, 0.29) is 36.6 Å². The highest BCUT2D eigenvalue weighted by Crippen LogP contribution is 2.31. The summed E-state index contributed by atoms with van der Waals surface area (Å²) in [5, 5.41) is 0. The smallest absolute Gasteiger partial charge is 0.242 e. The summed E-state index contributed by atoms with van der Waals surface area (Å²) >= 11 is 0. The Kier molecular flexibility index (Phi) is 5.38. The van der Waals surface area contributed by atoms with Crippen LogP contribution in [-0.2, 0) is 22.6 Å². The van der Waals surface area contributed by atoms with Gasteiger partial charge in [0.25, 0.3) is 0 Å².